The number of alkyl halides is 3. The number of halogens is 3. The number of carbonyl (C=O) groups is 1. The number of rotatable bonds is 5. The lowest BCUT2D eigenvalue weighted by molar-refractivity contribution is -0.137. The van der Waals surface area contributed by atoms with Crippen LogP contribution in [-0.4, -0.2) is 22.0 Å². The number of para-hydroxylation sites is 2. The number of hydrogen-bond donors (Lipinski definition) is 0. The highest BCUT2D eigenvalue weighted by Gasteiger charge is 2.36. The van der Waals surface area contributed by atoms with Gasteiger partial charge in [0.25, 0.3) is 0 Å². The normalized spacial score (nSPS) is 17.5. The highest BCUT2D eigenvalue weighted by atomic mass is 19.4. The predicted octanol–water partition coefficient (Wildman–Crippen LogP) is 5.62. The monoisotopic (exact) mass is 415 g/mol. The maximum absolute atomic E-state index is 13.1. The molecule has 0 N–H and O–H groups in total. The van der Waals surface area contributed by atoms with Crippen LogP contribution in [0.3, 0.4) is 0 Å². The molecule has 0 radical (unpaired) electrons. The molecule has 30 heavy (non-hydrogen) atoms. The zero-order chi connectivity index (χ0) is 21.5. The van der Waals surface area contributed by atoms with E-state index in [-0.39, 0.29) is 23.9 Å². The van der Waals surface area contributed by atoms with Crippen LogP contribution in [0.1, 0.15) is 44.0 Å². The summed E-state index contributed by atoms with van der Waals surface area (Å²) in [5.41, 5.74) is 1.43. The Morgan fingerprint density at radius 2 is 1.90 bits per heavy atom. The summed E-state index contributed by atoms with van der Waals surface area (Å²) in [6.45, 7) is 5.44. The van der Waals surface area contributed by atoms with Crippen LogP contribution >= 0.6 is 0 Å². The number of imidazole rings is 1. The van der Waals surface area contributed by atoms with Crippen LogP contribution in [0.2, 0.25) is 0 Å². The number of benzene rings is 2. The van der Waals surface area contributed by atoms with Gasteiger partial charge >= 0.3 is 6.18 Å². The molecule has 1 saturated heterocycles. The second-order valence-corrected chi connectivity index (χ2v) is 8.25. The van der Waals surface area contributed by atoms with Gasteiger partial charge in [-0.05, 0) is 42.7 Å². The molecule has 1 aliphatic heterocycles. The van der Waals surface area contributed by atoms with E-state index in [9.17, 15) is 18.0 Å². The molecule has 1 aromatic heterocycles. The van der Waals surface area contributed by atoms with Crippen LogP contribution < -0.4 is 4.90 Å². The largest absolute Gasteiger partial charge is 0.416 e. The van der Waals surface area contributed by atoms with Gasteiger partial charge in [-0.25, -0.2) is 4.98 Å². The van der Waals surface area contributed by atoms with Crippen molar-refractivity contribution in [3.8, 4) is 0 Å². The molecule has 4 rings (SSSR count). The fraction of sp³-hybridized carbons (Fsp3) is 0.391. The fourth-order valence-electron chi connectivity index (χ4n) is 4.01. The van der Waals surface area contributed by atoms with E-state index in [4.69, 9.17) is 4.98 Å². The fourth-order valence-corrected chi connectivity index (χ4v) is 4.01. The standard InChI is InChI=1S/C23H24F3N3O/c1-15(2)10-11-28-20-9-4-3-8-19(20)27-22(28)16-12-21(30)29(14-16)18-7-5-6-17(13-18)23(24,25)26/h3-9,13,15-16H,10-12,14H2,1-2H3. The number of fused-ring (bicyclic) bond motifs is 1. The van der Waals surface area contributed by atoms with E-state index in [1.165, 1.54) is 11.0 Å². The molecule has 0 aliphatic carbocycles. The first-order valence-electron chi connectivity index (χ1n) is 10.2. The van der Waals surface area contributed by atoms with Crippen LogP contribution in [0.25, 0.3) is 11.0 Å². The molecule has 0 spiro atoms. The van der Waals surface area contributed by atoms with Crippen molar-refractivity contribution in [1.29, 1.82) is 0 Å². The van der Waals surface area contributed by atoms with Crippen molar-refractivity contribution in [3.05, 3.63) is 59.9 Å². The summed E-state index contributed by atoms with van der Waals surface area (Å²) in [4.78, 5) is 19.0. The zero-order valence-corrected chi connectivity index (χ0v) is 17.0. The van der Waals surface area contributed by atoms with Crippen LogP contribution in [0, 0.1) is 5.92 Å². The van der Waals surface area contributed by atoms with E-state index in [2.05, 4.69) is 18.4 Å². The lowest BCUT2D eigenvalue weighted by atomic mass is 10.1. The Morgan fingerprint density at radius 3 is 2.63 bits per heavy atom. The van der Waals surface area contributed by atoms with Gasteiger partial charge in [-0.1, -0.05) is 32.0 Å². The number of aryl methyl sites for hydroxylation is 1. The Hall–Kier alpha value is -2.83. The van der Waals surface area contributed by atoms with Gasteiger partial charge in [0.2, 0.25) is 5.91 Å². The minimum Gasteiger partial charge on any atom is -0.328 e. The van der Waals surface area contributed by atoms with Gasteiger partial charge in [0, 0.05) is 31.1 Å². The first-order chi connectivity index (χ1) is 14.2. The van der Waals surface area contributed by atoms with E-state index in [0.29, 0.717) is 12.5 Å². The third-order valence-electron chi connectivity index (χ3n) is 5.59. The van der Waals surface area contributed by atoms with Crippen LogP contribution in [0.5, 0.6) is 0 Å². The lowest BCUT2D eigenvalue weighted by Crippen LogP contribution is -2.25. The average molecular weight is 415 g/mol. The van der Waals surface area contributed by atoms with Gasteiger partial charge in [-0.2, -0.15) is 13.2 Å². The number of aromatic nitrogens is 2. The molecule has 3 aromatic rings. The van der Waals surface area contributed by atoms with Gasteiger partial charge < -0.3 is 9.47 Å². The van der Waals surface area contributed by atoms with Crippen molar-refractivity contribution in [1.82, 2.24) is 9.55 Å². The first-order valence-corrected chi connectivity index (χ1v) is 10.2. The Balaban J connectivity index is 1.66. The van der Waals surface area contributed by atoms with E-state index in [0.717, 1.165) is 42.0 Å². The molecule has 0 bridgehead atoms. The lowest BCUT2D eigenvalue weighted by Gasteiger charge is -2.19. The van der Waals surface area contributed by atoms with Crippen molar-refractivity contribution in [2.24, 2.45) is 5.92 Å². The van der Waals surface area contributed by atoms with Crippen molar-refractivity contribution in [2.45, 2.75) is 45.3 Å². The van der Waals surface area contributed by atoms with Crippen LogP contribution in [0.15, 0.2) is 48.5 Å². The average Bonchev–Trinajstić information content (AvgIpc) is 3.26. The topological polar surface area (TPSA) is 38.1 Å². The molecule has 158 valence electrons. The Bertz CT molecular complexity index is 1070. The first kappa shape index (κ1) is 20.4. The van der Waals surface area contributed by atoms with Gasteiger partial charge in [0.1, 0.15) is 5.82 Å². The molecule has 1 atom stereocenters. The third kappa shape index (κ3) is 3.93. The highest BCUT2D eigenvalue weighted by Crippen LogP contribution is 2.36. The summed E-state index contributed by atoms with van der Waals surface area (Å²) in [5, 5.41) is 0. The maximum atomic E-state index is 13.1. The number of anilines is 1. The van der Waals surface area contributed by atoms with E-state index in [1.54, 1.807) is 6.07 Å². The molecule has 1 fully saturated rings. The second kappa shape index (κ2) is 7.78. The molecular weight excluding hydrogens is 391 g/mol. The molecule has 2 heterocycles. The Labute approximate surface area is 173 Å². The molecule has 4 nitrogen and oxygen atoms in total. The number of hydrogen-bond acceptors (Lipinski definition) is 2. The minimum absolute atomic E-state index is 0.161. The summed E-state index contributed by atoms with van der Waals surface area (Å²) < 4.78 is 41.5. The quantitative estimate of drug-likeness (QED) is 0.542. The van der Waals surface area contributed by atoms with Gasteiger partial charge in [-0.3, -0.25) is 4.79 Å². The smallest absolute Gasteiger partial charge is 0.328 e. The van der Waals surface area contributed by atoms with Crippen molar-refractivity contribution in [3.63, 3.8) is 0 Å². The highest BCUT2D eigenvalue weighted by molar-refractivity contribution is 5.96. The van der Waals surface area contributed by atoms with Crippen molar-refractivity contribution in [2.75, 3.05) is 11.4 Å². The number of carbonyl (C=O) groups excluding carboxylic acids is 1. The van der Waals surface area contributed by atoms with Gasteiger partial charge in [-0.15, -0.1) is 0 Å². The molecule has 0 saturated carbocycles. The van der Waals surface area contributed by atoms with Crippen molar-refractivity contribution < 1.29 is 18.0 Å². The van der Waals surface area contributed by atoms with Gasteiger partial charge in [0.05, 0.1) is 16.6 Å². The Morgan fingerprint density at radius 1 is 1.13 bits per heavy atom. The Kier molecular flexibility index (Phi) is 5.30. The number of nitrogens with zero attached hydrogens (tertiary/aromatic N) is 3. The van der Waals surface area contributed by atoms with Crippen molar-refractivity contribution >= 4 is 22.6 Å². The second-order valence-electron chi connectivity index (χ2n) is 8.25. The SMILES string of the molecule is CC(C)CCn1c(C2CC(=O)N(c3cccc(C(F)(F)F)c3)C2)nc2ccccc21. The van der Waals surface area contributed by atoms with Gasteiger partial charge in [0.15, 0.2) is 0 Å². The van der Waals surface area contributed by atoms with E-state index < -0.39 is 11.7 Å². The molecular formula is C23H24F3N3O. The van der Waals surface area contributed by atoms with E-state index in [1.807, 2.05) is 24.3 Å². The molecule has 1 aliphatic rings. The summed E-state index contributed by atoms with van der Waals surface area (Å²) in [6, 6.07) is 12.8. The van der Waals surface area contributed by atoms with E-state index >= 15 is 0 Å². The molecule has 1 unspecified atom stereocenters. The van der Waals surface area contributed by atoms with Crippen LogP contribution in [0.4, 0.5) is 18.9 Å². The summed E-state index contributed by atoms with van der Waals surface area (Å²) in [7, 11) is 0. The maximum Gasteiger partial charge on any atom is 0.416 e. The summed E-state index contributed by atoms with van der Waals surface area (Å²) in [5.74, 6) is 1.01. The minimum atomic E-state index is -4.44. The number of amides is 1. The molecule has 2 aromatic carbocycles. The predicted molar refractivity (Wildman–Crippen MR) is 110 cm³/mol. The molecule has 7 heteroatoms. The summed E-state index contributed by atoms with van der Waals surface area (Å²) in [6.07, 6.45) is -3.23. The summed E-state index contributed by atoms with van der Waals surface area (Å²) >= 11 is 0. The zero-order valence-electron chi connectivity index (χ0n) is 17.0. The molecule has 1 amide bonds. The van der Waals surface area contributed by atoms with Crippen LogP contribution in [-0.2, 0) is 17.5 Å². The third-order valence-corrected chi connectivity index (χ3v) is 5.59.